The van der Waals surface area contributed by atoms with E-state index in [1.54, 1.807) is 9.80 Å². The van der Waals surface area contributed by atoms with E-state index >= 15 is 4.79 Å². The minimum atomic E-state index is -0.989. The van der Waals surface area contributed by atoms with E-state index in [9.17, 15) is 19.2 Å². The molecule has 0 bridgehead atoms. The predicted molar refractivity (Wildman–Crippen MR) is 216 cm³/mol. The van der Waals surface area contributed by atoms with Crippen LogP contribution in [0.25, 0.3) is 0 Å². The van der Waals surface area contributed by atoms with Crippen molar-refractivity contribution in [3.05, 3.63) is 71.3 Å². The van der Waals surface area contributed by atoms with Crippen LogP contribution in [-0.2, 0) is 43.4 Å². The molecule has 13 nitrogen and oxygen atoms in total. The molecule has 13 heteroatoms. The zero-order valence-corrected chi connectivity index (χ0v) is 33.2. The molecule has 0 aromatic heterocycles. The van der Waals surface area contributed by atoms with E-state index in [0.717, 1.165) is 61.6 Å². The number of hydrogen-bond donors (Lipinski definition) is 6. The zero-order valence-electron chi connectivity index (χ0n) is 33.2. The van der Waals surface area contributed by atoms with Gasteiger partial charge in [0.1, 0.15) is 24.2 Å². The van der Waals surface area contributed by atoms with Crippen LogP contribution in [0.3, 0.4) is 0 Å². The van der Waals surface area contributed by atoms with Crippen LogP contribution in [0.4, 0.5) is 0 Å². The van der Waals surface area contributed by atoms with Gasteiger partial charge in [0.2, 0.25) is 29.5 Å². The summed E-state index contributed by atoms with van der Waals surface area (Å²) >= 11 is 0. The molecule has 2 aromatic rings. The highest BCUT2D eigenvalue weighted by Gasteiger charge is 2.43. The third-order valence-corrected chi connectivity index (χ3v) is 11.8. The number of nitrogens with one attached hydrogen (secondary N) is 5. The second-order valence-electron chi connectivity index (χ2n) is 15.9. The fraction of sp³-hybridized carbons (Fsp3) is 0.581. The molecular formula is C43H62N8O5. The summed E-state index contributed by atoms with van der Waals surface area (Å²) in [5.41, 5.74) is 8.77. The summed E-state index contributed by atoms with van der Waals surface area (Å²) < 4.78 is 0. The van der Waals surface area contributed by atoms with Gasteiger partial charge in [-0.2, -0.15) is 0 Å². The summed E-state index contributed by atoms with van der Waals surface area (Å²) in [6, 6.07) is 14.1. The van der Waals surface area contributed by atoms with Crippen LogP contribution >= 0.6 is 0 Å². The van der Waals surface area contributed by atoms with Crippen LogP contribution in [0.5, 0.6) is 0 Å². The van der Waals surface area contributed by atoms with Crippen molar-refractivity contribution in [2.45, 2.75) is 128 Å². The Hall–Kier alpha value is -4.94. The number of fused-ring (bicyclic) bond motifs is 1. The largest absolute Gasteiger partial charge is 0.370 e. The summed E-state index contributed by atoms with van der Waals surface area (Å²) in [6.07, 6.45) is 9.73. The molecule has 2 heterocycles. The molecule has 4 atom stereocenters. The lowest BCUT2D eigenvalue weighted by Gasteiger charge is -2.42. The molecule has 1 aliphatic carbocycles. The number of rotatable bonds is 16. The topological polar surface area (TPSA) is 190 Å². The number of hydrogen-bond acceptors (Lipinski definition) is 6. The van der Waals surface area contributed by atoms with E-state index < -0.39 is 36.0 Å². The highest BCUT2D eigenvalue weighted by Crippen LogP contribution is 2.30. The van der Waals surface area contributed by atoms with Gasteiger partial charge in [-0.3, -0.25) is 29.4 Å². The van der Waals surface area contributed by atoms with Crippen molar-refractivity contribution < 1.29 is 24.0 Å². The van der Waals surface area contributed by atoms with E-state index in [1.807, 2.05) is 61.5 Å². The Morgan fingerprint density at radius 1 is 0.839 bits per heavy atom. The van der Waals surface area contributed by atoms with Crippen molar-refractivity contribution in [3.8, 4) is 0 Å². The van der Waals surface area contributed by atoms with Crippen molar-refractivity contribution in [1.82, 2.24) is 31.1 Å². The molecular weight excluding hydrogens is 709 g/mol. The van der Waals surface area contributed by atoms with Gasteiger partial charge < -0.3 is 36.8 Å². The molecule has 5 rings (SSSR count). The molecule has 56 heavy (non-hydrogen) atoms. The second-order valence-corrected chi connectivity index (χ2v) is 15.9. The average molecular weight is 771 g/mol. The quantitative estimate of drug-likeness (QED) is 0.111. The highest BCUT2D eigenvalue weighted by molar-refractivity contribution is 5.96. The van der Waals surface area contributed by atoms with Crippen LogP contribution in [-0.4, -0.2) is 89.1 Å². The summed E-state index contributed by atoms with van der Waals surface area (Å²) in [5.74, 6) is -1.85. The number of unbranched alkanes of at least 4 members (excludes halogenated alkanes) is 1. The lowest BCUT2D eigenvalue weighted by molar-refractivity contribution is -0.147. The van der Waals surface area contributed by atoms with Gasteiger partial charge >= 0.3 is 0 Å². The zero-order chi connectivity index (χ0) is 40.0. The molecule has 0 unspecified atom stereocenters. The molecule has 2 aliphatic heterocycles. The summed E-state index contributed by atoms with van der Waals surface area (Å²) in [7, 11) is 0. The van der Waals surface area contributed by atoms with E-state index in [4.69, 9.17) is 11.1 Å². The number of piperidine rings is 1. The monoisotopic (exact) mass is 770 g/mol. The summed E-state index contributed by atoms with van der Waals surface area (Å²) in [5, 5.41) is 19.9. The van der Waals surface area contributed by atoms with E-state index in [0.29, 0.717) is 57.7 Å². The van der Waals surface area contributed by atoms with Crippen LogP contribution in [0.2, 0.25) is 0 Å². The Labute approximate surface area is 331 Å². The van der Waals surface area contributed by atoms with Gasteiger partial charge in [0.25, 0.3) is 0 Å². The third kappa shape index (κ3) is 11.8. The van der Waals surface area contributed by atoms with Crippen LogP contribution in [0, 0.1) is 17.2 Å². The Balaban J connectivity index is 1.39. The van der Waals surface area contributed by atoms with Gasteiger partial charge in [-0.25, -0.2) is 0 Å². The predicted octanol–water partition coefficient (Wildman–Crippen LogP) is 3.54. The molecule has 7 N–H and O–H groups in total. The fourth-order valence-electron chi connectivity index (χ4n) is 8.55. The van der Waals surface area contributed by atoms with E-state index in [-0.39, 0.29) is 42.6 Å². The van der Waals surface area contributed by atoms with Gasteiger partial charge in [-0.15, -0.1) is 0 Å². The summed E-state index contributed by atoms with van der Waals surface area (Å²) in [4.78, 5) is 72.9. The molecule has 5 amide bonds. The number of nitrogens with two attached hydrogens (primary N) is 1. The Kier molecular flexibility index (Phi) is 15.7. The third-order valence-electron chi connectivity index (χ3n) is 11.8. The van der Waals surface area contributed by atoms with Gasteiger partial charge in [-0.05, 0) is 60.6 Å². The number of carbonyl (C=O) groups is 5. The smallest absolute Gasteiger partial charge is 0.246 e. The maximum atomic E-state index is 15.1. The first-order chi connectivity index (χ1) is 27.0. The number of nitrogens with zero attached hydrogens (tertiary/aromatic N) is 2. The van der Waals surface area contributed by atoms with Gasteiger partial charge in [0.15, 0.2) is 5.96 Å². The molecule has 3 aliphatic rings. The molecule has 304 valence electrons. The first kappa shape index (κ1) is 42.2. The van der Waals surface area contributed by atoms with Crippen molar-refractivity contribution in [1.29, 1.82) is 5.41 Å². The maximum Gasteiger partial charge on any atom is 0.246 e. The van der Waals surface area contributed by atoms with Crippen LogP contribution in [0.15, 0.2) is 54.6 Å². The van der Waals surface area contributed by atoms with Crippen molar-refractivity contribution in [2.75, 3.05) is 19.6 Å². The first-order valence-electron chi connectivity index (χ1n) is 20.7. The number of guanidine groups is 1. The molecule has 1 saturated carbocycles. The average Bonchev–Trinajstić information content (AvgIpc) is 3.20. The van der Waals surface area contributed by atoms with Crippen molar-refractivity contribution in [2.24, 2.45) is 17.6 Å². The lowest BCUT2D eigenvalue weighted by Crippen LogP contribution is -2.63. The van der Waals surface area contributed by atoms with E-state index in [2.05, 4.69) is 21.3 Å². The normalized spacial score (nSPS) is 19.1. The molecule has 2 fully saturated rings. The van der Waals surface area contributed by atoms with E-state index in [1.165, 1.54) is 6.92 Å². The lowest BCUT2D eigenvalue weighted by atomic mass is 9.84. The summed E-state index contributed by atoms with van der Waals surface area (Å²) in [6.45, 7) is 4.90. The minimum Gasteiger partial charge on any atom is -0.370 e. The highest BCUT2D eigenvalue weighted by atomic mass is 16.2. The number of carbonyl (C=O) groups excluding carboxylic acids is 5. The molecule has 0 spiro atoms. The van der Waals surface area contributed by atoms with Crippen LogP contribution < -0.4 is 27.0 Å². The number of benzene rings is 2. The molecule has 2 aromatic carbocycles. The van der Waals surface area contributed by atoms with Gasteiger partial charge in [-0.1, -0.05) is 106 Å². The van der Waals surface area contributed by atoms with Crippen LogP contribution in [0.1, 0.15) is 101 Å². The number of amides is 5. The molecule has 1 saturated heterocycles. The van der Waals surface area contributed by atoms with Gasteiger partial charge in [0, 0.05) is 39.5 Å². The molecule has 0 radical (unpaired) electrons. The van der Waals surface area contributed by atoms with Crippen molar-refractivity contribution in [3.63, 3.8) is 0 Å². The number of likely N-dealkylation sites (tertiary alicyclic amines) is 1. The van der Waals surface area contributed by atoms with Gasteiger partial charge in [0.05, 0.1) is 0 Å². The van der Waals surface area contributed by atoms with Crippen molar-refractivity contribution >= 4 is 35.5 Å². The SMILES string of the molecule is CCCC[C@H](NC(=O)[C@@H]1Cc2ccccc2CN1C(=O)[C@@H](NC(=O)[C@H](CC1CCCCC1)NC(C)=O)C1CCN(C(=N)N)CC1)C(=O)NCCc1ccccc1. The fourth-order valence-corrected chi connectivity index (χ4v) is 8.55. The Morgan fingerprint density at radius 2 is 1.52 bits per heavy atom. The standard InChI is InChI=1S/C43H62N8O5/c1-3-4-19-35(39(53)46-23-20-30-13-7-5-8-14-30)48-41(55)37-27-33-17-11-12-18-34(33)28-51(37)42(56)38(32-21-24-50(25-22-32)43(44)45)49-40(54)36(47-29(2)52)26-31-15-9-6-10-16-31/h5,7-8,11-14,17-18,31-32,35-38H,3-4,6,9-10,15-16,19-28H2,1-2H3,(H3,44,45)(H,46,53)(H,47,52)(H,48,55)(H,49,54)/t35-,36-,37-,38-/m0/s1. The Morgan fingerprint density at radius 3 is 2.18 bits per heavy atom. The first-order valence-corrected chi connectivity index (χ1v) is 20.7. The second kappa shape index (κ2) is 20.8. The minimum absolute atomic E-state index is 0.0420. The Bertz CT molecular complexity index is 1660. The maximum absolute atomic E-state index is 15.1.